The van der Waals surface area contributed by atoms with Crippen molar-refractivity contribution in [3.8, 4) is 11.5 Å². The molecule has 0 aliphatic carbocycles. The number of piperidine rings is 1. The summed E-state index contributed by atoms with van der Waals surface area (Å²) in [6.07, 6.45) is 1.19. The second-order valence-corrected chi connectivity index (χ2v) is 10.7. The van der Waals surface area contributed by atoms with Gasteiger partial charge in [0.15, 0.2) is 16.6 Å². The van der Waals surface area contributed by atoms with E-state index in [-0.39, 0.29) is 47.3 Å². The minimum Gasteiger partial charge on any atom is -0.493 e. The van der Waals surface area contributed by atoms with Gasteiger partial charge in [0.1, 0.15) is 5.41 Å². The number of carbonyl (C=O) groups excluding carboxylic acids is 2. The highest BCUT2D eigenvalue weighted by Gasteiger charge is 2.55. The summed E-state index contributed by atoms with van der Waals surface area (Å²) in [6, 6.07) is 10.9. The summed E-state index contributed by atoms with van der Waals surface area (Å²) in [5.74, 6) is 0.956. The van der Waals surface area contributed by atoms with Gasteiger partial charge in [0.05, 0.1) is 14.2 Å². The molecule has 2 saturated heterocycles. The van der Waals surface area contributed by atoms with E-state index in [1.165, 1.54) is 9.80 Å². The summed E-state index contributed by atoms with van der Waals surface area (Å²) in [7, 11) is 6.39. The molecule has 37 heavy (non-hydrogen) atoms. The predicted octanol–water partition coefficient (Wildman–Crippen LogP) is 1.73. The zero-order valence-corrected chi connectivity index (χ0v) is 22.4. The lowest BCUT2D eigenvalue weighted by atomic mass is 9.75. The fourth-order valence-electron chi connectivity index (χ4n) is 6.32. The van der Waals surface area contributed by atoms with Gasteiger partial charge in [0.25, 0.3) is 5.56 Å². The molecule has 3 aliphatic rings. The SMILES string of the molecule is COc1ccc(CC2(CN3CC4CC(C3)c3cccc(=O)n3C4)C(=O)N(C)C(=S)N(C)C2=O)cc1OC. The summed E-state index contributed by atoms with van der Waals surface area (Å²) < 4.78 is 12.7. The number of rotatable bonds is 6. The quantitative estimate of drug-likeness (QED) is 0.420. The van der Waals surface area contributed by atoms with Gasteiger partial charge in [-0.3, -0.25) is 24.2 Å². The van der Waals surface area contributed by atoms with E-state index in [2.05, 4.69) is 4.90 Å². The van der Waals surface area contributed by atoms with E-state index in [4.69, 9.17) is 21.7 Å². The van der Waals surface area contributed by atoms with E-state index in [0.29, 0.717) is 31.1 Å². The average Bonchev–Trinajstić information content (AvgIpc) is 2.90. The maximum atomic E-state index is 13.9. The molecular formula is C27H32N4O5S. The Labute approximate surface area is 221 Å². The number of methoxy groups -OCH3 is 2. The van der Waals surface area contributed by atoms with E-state index >= 15 is 0 Å². The van der Waals surface area contributed by atoms with Crippen LogP contribution >= 0.6 is 12.2 Å². The summed E-state index contributed by atoms with van der Waals surface area (Å²) in [5.41, 5.74) is 0.495. The van der Waals surface area contributed by atoms with Gasteiger partial charge in [-0.05, 0) is 54.7 Å². The number of pyridine rings is 1. The third-order valence-electron chi connectivity index (χ3n) is 8.00. The summed E-state index contributed by atoms with van der Waals surface area (Å²) >= 11 is 5.40. The van der Waals surface area contributed by atoms with Crippen LogP contribution in [0.15, 0.2) is 41.2 Å². The van der Waals surface area contributed by atoms with Crippen LogP contribution in [0.2, 0.25) is 0 Å². The number of hydrogen-bond donors (Lipinski definition) is 0. The molecule has 2 fully saturated rings. The van der Waals surface area contributed by atoms with Crippen molar-refractivity contribution in [3.63, 3.8) is 0 Å². The molecule has 2 amide bonds. The van der Waals surface area contributed by atoms with E-state index in [1.807, 2.05) is 28.8 Å². The topological polar surface area (TPSA) is 84.3 Å². The minimum absolute atomic E-state index is 0.0278. The third-order valence-corrected chi connectivity index (χ3v) is 8.55. The van der Waals surface area contributed by atoms with Gasteiger partial charge in [-0.25, -0.2) is 0 Å². The third kappa shape index (κ3) is 4.21. The fourth-order valence-corrected chi connectivity index (χ4v) is 6.49. The molecule has 9 nitrogen and oxygen atoms in total. The molecule has 2 atom stereocenters. The molecule has 0 saturated carbocycles. The van der Waals surface area contributed by atoms with Crippen molar-refractivity contribution in [2.75, 3.05) is 47.9 Å². The van der Waals surface area contributed by atoms with Crippen LogP contribution in [0.5, 0.6) is 11.5 Å². The Morgan fingerprint density at radius 2 is 1.65 bits per heavy atom. The summed E-state index contributed by atoms with van der Waals surface area (Å²) in [6.45, 7) is 2.30. The maximum Gasteiger partial charge on any atom is 0.250 e. The van der Waals surface area contributed by atoms with Crippen molar-refractivity contribution in [2.45, 2.75) is 25.3 Å². The molecule has 0 spiro atoms. The van der Waals surface area contributed by atoms with Gasteiger partial charge >= 0.3 is 0 Å². The second-order valence-electron chi connectivity index (χ2n) is 10.4. The normalized spacial score (nSPS) is 23.2. The van der Waals surface area contributed by atoms with Crippen molar-refractivity contribution < 1.29 is 19.1 Å². The van der Waals surface area contributed by atoms with Crippen molar-refractivity contribution in [3.05, 3.63) is 58.0 Å². The molecule has 1 aromatic heterocycles. The predicted molar refractivity (Wildman–Crippen MR) is 142 cm³/mol. The highest BCUT2D eigenvalue weighted by atomic mass is 32.1. The van der Waals surface area contributed by atoms with Gasteiger partial charge in [-0.15, -0.1) is 0 Å². The van der Waals surface area contributed by atoms with E-state index in [9.17, 15) is 14.4 Å². The first kappa shape index (κ1) is 25.4. The number of likely N-dealkylation sites (tertiary alicyclic amines) is 1. The first-order valence-corrected chi connectivity index (χ1v) is 12.8. The van der Waals surface area contributed by atoms with Gasteiger partial charge in [-0.1, -0.05) is 12.1 Å². The molecule has 2 bridgehead atoms. The van der Waals surface area contributed by atoms with Crippen LogP contribution in [0.3, 0.4) is 0 Å². The number of fused-ring (bicyclic) bond motifs is 4. The first-order valence-electron chi connectivity index (χ1n) is 12.4. The van der Waals surface area contributed by atoms with Crippen LogP contribution in [-0.4, -0.2) is 84.1 Å². The van der Waals surface area contributed by atoms with E-state index in [1.54, 1.807) is 40.4 Å². The summed E-state index contributed by atoms with van der Waals surface area (Å²) in [4.78, 5) is 45.4. The Morgan fingerprint density at radius 3 is 2.32 bits per heavy atom. The highest BCUT2D eigenvalue weighted by molar-refractivity contribution is 7.80. The van der Waals surface area contributed by atoms with Crippen LogP contribution in [0.25, 0.3) is 0 Å². The highest BCUT2D eigenvalue weighted by Crippen LogP contribution is 2.40. The Hall–Kier alpha value is -3.24. The molecule has 10 heteroatoms. The van der Waals surface area contributed by atoms with Crippen LogP contribution < -0.4 is 15.0 Å². The second kappa shape index (κ2) is 9.57. The number of nitrogens with zero attached hydrogens (tertiary/aromatic N) is 4. The van der Waals surface area contributed by atoms with Gasteiger partial charge in [0, 0.05) is 58.0 Å². The van der Waals surface area contributed by atoms with Crippen LogP contribution in [-0.2, 0) is 22.6 Å². The first-order chi connectivity index (χ1) is 17.7. The van der Waals surface area contributed by atoms with Gasteiger partial charge in [0.2, 0.25) is 11.8 Å². The Balaban J connectivity index is 1.51. The summed E-state index contributed by atoms with van der Waals surface area (Å²) in [5, 5.41) is 0.196. The lowest BCUT2D eigenvalue weighted by molar-refractivity contribution is -0.157. The Morgan fingerprint density at radius 1 is 0.946 bits per heavy atom. The van der Waals surface area contributed by atoms with Crippen molar-refractivity contribution in [2.24, 2.45) is 11.3 Å². The number of ether oxygens (including phenoxy) is 2. The maximum absolute atomic E-state index is 13.9. The molecule has 1 aromatic carbocycles. The van der Waals surface area contributed by atoms with E-state index < -0.39 is 5.41 Å². The van der Waals surface area contributed by atoms with Crippen molar-refractivity contribution in [1.29, 1.82) is 0 Å². The largest absolute Gasteiger partial charge is 0.493 e. The monoisotopic (exact) mass is 524 g/mol. The fraction of sp³-hybridized carbons (Fsp3) is 0.481. The lowest BCUT2D eigenvalue weighted by Gasteiger charge is -2.48. The van der Waals surface area contributed by atoms with Crippen LogP contribution in [0, 0.1) is 11.3 Å². The smallest absolute Gasteiger partial charge is 0.250 e. The number of amides is 2. The van der Waals surface area contributed by atoms with Crippen LogP contribution in [0.4, 0.5) is 0 Å². The lowest BCUT2D eigenvalue weighted by Crippen LogP contribution is -2.67. The van der Waals surface area contributed by atoms with Crippen molar-refractivity contribution in [1.82, 2.24) is 19.3 Å². The Bertz CT molecular complexity index is 1300. The van der Waals surface area contributed by atoms with Crippen LogP contribution in [0.1, 0.15) is 23.6 Å². The minimum atomic E-state index is -1.35. The van der Waals surface area contributed by atoms with Gasteiger partial charge < -0.3 is 18.9 Å². The molecule has 196 valence electrons. The average molecular weight is 525 g/mol. The molecular weight excluding hydrogens is 492 g/mol. The number of aromatic nitrogens is 1. The molecule has 4 heterocycles. The molecule has 0 N–H and O–H groups in total. The molecule has 3 aliphatic heterocycles. The number of thiocarbonyl (C=S) groups is 1. The molecule has 5 rings (SSSR count). The van der Waals surface area contributed by atoms with E-state index in [0.717, 1.165) is 17.7 Å². The molecule has 2 aromatic rings. The number of benzene rings is 1. The number of hydrogen-bond acceptors (Lipinski definition) is 7. The molecule has 0 radical (unpaired) electrons. The zero-order valence-electron chi connectivity index (χ0n) is 21.6. The molecule has 2 unspecified atom stereocenters. The standard InChI is InChI=1S/C27H32N4O5S/c1-28-24(33)27(25(34)29(2)26(28)37,12-17-8-9-21(35-3)22(11-17)36-4)16-30-13-18-10-19(15-30)20-6-5-7-23(32)31(20)14-18/h5-9,11,18-19H,10,12-16H2,1-4H3. The van der Waals surface area contributed by atoms with Crippen molar-refractivity contribution >= 4 is 29.1 Å². The van der Waals surface area contributed by atoms with Gasteiger partial charge in [-0.2, -0.15) is 0 Å². The zero-order chi connectivity index (χ0) is 26.5. The number of carbonyl (C=O) groups is 2. The Kier molecular flexibility index (Phi) is 6.57.